The number of carboxylic acid groups (broad SMARTS) is 1. The average molecular weight is 167 g/mol. The zero-order chi connectivity index (χ0) is 9.14. The SMILES string of the molecule is Nc1cccc([C@H](O)C(=O)O)c1. The lowest BCUT2D eigenvalue weighted by molar-refractivity contribution is -0.146. The van der Waals surface area contributed by atoms with Gasteiger partial charge in [-0.15, -0.1) is 0 Å². The fraction of sp³-hybridized carbons (Fsp3) is 0.125. The number of aliphatic carboxylic acids is 1. The highest BCUT2D eigenvalue weighted by molar-refractivity contribution is 5.74. The quantitative estimate of drug-likeness (QED) is 0.556. The number of carbonyl (C=O) groups is 1. The lowest BCUT2D eigenvalue weighted by Crippen LogP contribution is -2.10. The van der Waals surface area contributed by atoms with Crippen LogP contribution in [0.5, 0.6) is 0 Å². The molecule has 0 amide bonds. The molecule has 12 heavy (non-hydrogen) atoms. The van der Waals surface area contributed by atoms with E-state index in [1.54, 1.807) is 12.1 Å². The number of anilines is 1. The fourth-order valence-electron chi connectivity index (χ4n) is 0.872. The summed E-state index contributed by atoms with van der Waals surface area (Å²) >= 11 is 0. The van der Waals surface area contributed by atoms with Crippen LogP contribution in [0.4, 0.5) is 5.69 Å². The van der Waals surface area contributed by atoms with Crippen molar-refractivity contribution in [2.24, 2.45) is 0 Å². The number of benzene rings is 1. The van der Waals surface area contributed by atoms with Gasteiger partial charge in [0, 0.05) is 5.69 Å². The first-order valence-corrected chi connectivity index (χ1v) is 3.37. The van der Waals surface area contributed by atoms with Crippen LogP contribution in [0, 0.1) is 0 Å². The van der Waals surface area contributed by atoms with Crippen LogP contribution in [0.25, 0.3) is 0 Å². The summed E-state index contributed by atoms with van der Waals surface area (Å²) in [5.74, 6) is -1.28. The number of nitrogens with two attached hydrogens (primary N) is 1. The third-order valence-electron chi connectivity index (χ3n) is 1.46. The van der Waals surface area contributed by atoms with Gasteiger partial charge in [-0.1, -0.05) is 12.1 Å². The van der Waals surface area contributed by atoms with E-state index in [-0.39, 0.29) is 0 Å². The zero-order valence-electron chi connectivity index (χ0n) is 6.27. The molecule has 1 rings (SSSR count). The highest BCUT2D eigenvalue weighted by Crippen LogP contribution is 2.15. The number of nitrogen functional groups attached to an aromatic ring is 1. The van der Waals surface area contributed by atoms with Crippen molar-refractivity contribution in [1.29, 1.82) is 0 Å². The maximum absolute atomic E-state index is 10.3. The molecule has 0 unspecified atom stereocenters. The van der Waals surface area contributed by atoms with Crippen LogP contribution in [0.1, 0.15) is 11.7 Å². The Labute approximate surface area is 69.3 Å². The predicted molar refractivity (Wildman–Crippen MR) is 43.5 cm³/mol. The molecule has 4 nitrogen and oxygen atoms in total. The van der Waals surface area contributed by atoms with Crippen LogP contribution in [0.2, 0.25) is 0 Å². The van der Waals surface area contributed by atoms with Gasteiger partial charge in [-0.25, -0.2) is 4.79 Å². The molecule has 0 spiro atoms. The van der Waals surface area contributed by atoms with Crippen LogP contribution in [0.3, 0.4) is 0 Å². The summed E-state index contributed by atoms with van der Waals surface area (Å²) in [6.45, 7) is 0. The monoisotopic (exact) mass is 167 g/mol. The van der Waals surface area contributed by atoms with Crippen molar-refractivity contribution in [1.82, 2.24) is 0 Å². The van der Waals surface area contributed by atoms with Crippen molar-refractivity contribution < 1.29 is 15.0 Å². The van der Waals surface area contributed by atoms with Crippen molar-refractivity contribution >= 4 is 11.7 Å². The second kappa shape index (κ2) is 3.23. The first-order chi connectivity index (χ1) is 5.61. The Balaban J connectivity index is 2.95. The van der Waals surface area contributed by atoms with E-state index in [0.29, 0.717) is 11.3 Å². The van der Waals surface area contributed by atoms with Crippen molar-refractivity contribution in [3.63, 3.8) is 0 Å². The van der Waals surface area contributed by atoms with Gasteiger partial charge in [0.05, 0.1) is 0 Å². The lowest BCUT2D eigenvalue weighted by Gasteiger charge is -2.05. The Bertz CT molecular complexity index is 298. The molecule has 4 N–H and O–H groups in total. The molecule has 1 atom stereocenters. The third kappa shape index (κ3) is 1.73. The highest BCUT2D eigenvalue weighted by Gasteiger charge is 2.14. The van der Waals surface area contributed by atoms with E-state index in [1.807, 2.05) is 0 Å². The number of hydrogen-bond acceptors (Lipinski definition) is 3. The lowest BCUT2D eigenvalue weighted by atomic mass is 10.1. The number of aliphatic hydroxyl groups is 1. The first kappa shape index (κ1) is 8.55. The van der Waals surface area contributed by atoms with Crippen LogP contribution in [-0.2, 0) is 4.79 Å². The Kier molecular flexibility index (Phi) is 2.30. The number of carboxylic acids is 1. The molecule has 0 bridgehead atoms. The summed E-state index contributed by atoms with van der Waals surface area (Å²) < 4.78 is 0. The largest absolute Gasteiger partial charge is 0.479 e. The van der Waals surface area contributed by atoms with E-state index in [9.17, 15) is 4.79 Å². The molecule has 0 radical (unpaired) electrons. The maximum Gasteiger partial charge on any atom is 0.337 e. The van der Waals surface area contributed by atoms with Gasteiger partial charge in [0.2, 0.25) is 0 Å². The minimum Gasteiger partial charge on any atom is -0.479 e. The fourth-order valence-corrected chi connectivity index (χ4v) is 0.872. The van der Waals surface area contributed by atoms with Crippen LogP contribution in [-0.4, -0.2) is 16.2 Å². The van der Waals surface area contributed by atoms with E-state index in [0.717, 1.165) is 0 Å². The number of aliphatic hydroxyl groups excluding tert-OH is 1. The molecule has 0 aliphatic carbocycles. The van der Waals surface area contributed by atoms with E-state index in [4.69, 9.17) is 15.9 Å². The molecule has 1 aromatic carbocycles. The van der Waals surface area contributed by atoms with Crippen LogP contribution >= 0.6 is 0 Å². The van der Waals surface area contributed by atoms with Crippen LogP contribution in [0.15, 0.2) is 24.3 Å². The van der Waals surface area contributed by atoms with Gasteiger partial charge in [-0.05, 0) is 17.7 Å². The Morgan fingerprint density at radius 1 is 1.50 bits per heavy atom. The summed E-state index contributed by atoms with van der Waals surface area (Å²) in [7, 11) is 0. The van der Waals surface area contributed by atoms with Gasteiger partial charge in [0.25, 0.3) is 0 Å². The summed E-state index contributed by atoms with van der Waals surface area (Å²) in [5.41, 5.74) is 6.12. The smallest absolute Gasteiger partial charge is 0.337 e. The number of hydrogen-bond donors (Lipinski definition) is 3. The Morgan fingerprint density at radius 3 is 2.67 bits per heavy atom. The highest BCUT2D eigenvalue weighted by atomic mass is 16.4. The Morgan fingerprint density at radius 2 is 2.17 bits per heavy atom. The topological polar surface area (TPSA) is 83.5 Å². The molecule has 64 valence electrons. The van der Waals surface area contributed by atoms with Gasteiger partial charge < -0.3 is 15.9 Å². The standard InChI is InChI=1S/C8H9NO3/c9-6-3-1-2-5(4-6)7(10)8(11)12/h1-4,7,10H,9H2,(H,11,12)/t7-/m0/s1. The van der Waals surface area contributed by atoms with Crippen LogP contribution < -0.4 is 5.73 Å². The molecule has 0 aromatic heterocycles. The summed E-state index contributed by atoms with van der Waals surface area (Å²) in [5, 5.41) is 17.5. The van der Waals surface area contributed by atoms with Crippen molar-refractivity contribution in [3.05, 3.63) is 29.8 Å². The molecule has 0 aliphatic heterocycles. The van der Waals surface area contributed by atoms with Crippen molar-refractivity contribution in [3.8, 4) is 0 Å². The minimum absolute atomic E-state index is 0.294. The average Bonchev–Trinajstić information content (AvgIpc) is 2.03. The second-order valence-corrected chi connectivity index (χ2v) is 2.41. The molecule has 1 aromatic rings. The van der Waals surface area contributed by atoms with Gasteiger partial charge >= 0.3 is 5.97 Å². The number of rotatable bonds is 2. The summed E-state index contributed by atoms with van der Waals surface area (Å²) in [6, 6.07) is 6.16. The van der Waals surface area contributed by atoms with Gasteiger partial charge in [0.1, 0.15) is 0 Å². The normalized spacial score (nSPS) is 12.4. The molecule has 0 saturated carbocycles. The summed E-state index contributed by atoms with van der Waals surface area (Å²) in [6.07, 6.45) is -1.49. The Hall–Kier alpha value is -1.55. The molecule has 0 fully saturated rings. The molecule has 0 aliphatic rings. The molecular formula is C8H9NO3. The molecular weight excluding hydrogens is 158 g/mol. The molecule has 0 saturated heterocycles. The van der Waals surface area contributed by atoms with E-state index < -0.39 is 12.1 Å². The van der Waals surface area contributed by atoms with Gasteiger partial charge in [-0.3, -0.25) is 0 Å². The van der Waals surface area contributed by atoms with E-state index in [2.05, 4.69) is 0 Å². The van der Waals surface area contributed by atoms with E-state index in [1.165, 1.54) is 12.1 Å². The van der Waals surface area contributed by atoms with E-state index >= 15 is 0 Å². The molecule has 4 heteroatoms. The maximum atomic E-state index is 10.3. The van der Waals surface area contributed by atoms with Crippen molar-refractivity contribution in [2.75, 3.05) is 5.73 Å². The minimum atomic E-state index is -1.49. The predicted octanol–water partition coefficient (Wildman–Crippen LogP) is 0.387. The van der Waals surface area contributed by atoms with Crippen molar-refractivity contribution in [2.45, 2.75) is 6.10 Å². The molecule has 0 heterocycles. The zero-order valence-corrected chi connectivity index (χ0v) is 6.27. The van der Waals surface area contributed by atoms with Gasteiger partial charge in [-0.2, -0.15) is 0 Å². The third-order valence-corrected chi connectivity index (χ3v) is 1.46. The first-order valence-electron chi connectivity index (χ1n) is 3.37. The van der Waals surface area contributed by atoms with Gasteiger partial charge in [0.15, 0.2) is 6.10 Å². The second-order valence-electron chi connectivity index (χ2n) is 2.41. The summed E-state index contributed by atoms with van der Waals surface area (Å²) in [4.78, 5) is 10.3.